The second-order valence-corrected chi connectivity index (χ2v) is 17.5. The van der Waals surface area contributed by atoms with Gasteiger partial charge in [0.05, 0.1) is 26.4 Å². The van der Waals surface area contributed by atoms with Crippen LogP contribution in [-0.4, -0.2) is 108 Å². The van der Waals surface area contributed by atoms with E-state index in [1.165, 1.54) is 13.3 Å². The normalized spacial score (nSPS) is 26.0. The van der Waals surface area contributed by atoms with Gasteiger partial charge in [-0.25, -0.2) is 0 Å². The molecule has 9 atom stereocenters. The van der Waals surface area contributed by atoms with E-state index in [0.29, 0.717) is 58.7 Å². The Kier molecular flexibility index (Phi) is 13.6. The van der Waals surface area contributed by atoms with Crippen molar-refractivity contribution in [2.45, 2.75) is 97.3 Å². The highest BCUT2D eigenvalue weighted by Crippen LogP contribution is 2.61. The lowest BCUT2D eigenvalue weighted by molar-refractivity contribution is -0.183. The van der Waals surface area contributed by atoms with E-state index in [1.807, 2.05) is 67.5 Å². The molecule has 4 fully saturated rings. The van der Waals surface area contributed by atoms with Crippen LogP contribution in [0.15, 0.2) is 60.8 Å². The highest BCUT2D eigenvalue weighted by atomic mass is 16.7. The molecule has 0 unspecified atom stereocenters. The van der Waals surface area contributed by atoms with Crippen LogP contribution in [0.3, 0.4) is 0 Å². The van der Waals surface area contributed by atoms with Gasteiger partial charge in [-0.1, -0.05) is 45.0 Å². The molecule has 13 nitrogen and oxygen atoms in total. The molecule has 2 bridgehead atoms. The third-order valence-corrected chi connectivity index (χ3v) is 12.9. The molecule has 3 amide bonds. The standard InChI is InChI=1S/C45H62N6O7/c1-26-37-19-33(45(37,4)5)20-38(26)49-44(56)41-40(27(2)53)39(25-52)58-51(41)23-30-12-11-14-36(42(30)57-8)31-16-29(22-47-28(3)54)17-32(18-31)43(55)48-35(24-50(6)7)21-34-13-9-10-15-46-34/h9-18,26-27,33,35,37-41,52-53H,19-25H2,1-8H3,(H,47,54)(H,48,55)(H,49,56)/t26-,27-,33+,35-,37-,38-,39-,40-,41-/m0/s1. The van der Waals surface area contributed by atoms with Crippen molar-refractivity contribution in [3.05, 3.63) is 83.2 Å². The first-order chi connectivity index (χ1) is 27.6. The molecule has 5 N–H and O–H groups in total. The van der Waals surface area contributed by atoms with Gasteiger partial charge in [0.1, 0.15) is 17.9 Å². The number of fused-ring (bicyclic) bond motifs is 2. The van der Waals surface area contributed by atoms with Crippen molar-refractivity contribution in [2.24, 2.45) is 29.1 Å². The van der Waals surface area contributed by atoms with Crippen molar-refractivity contribution in [3.63, 3.8) is 0 Å². The number of rotatable bonds is 16. The van der Waals surface area contributed by atoms with Gasteiger partial charge >= 0.3 is 0 Å². The number of hydrogen-bond donors (Lipinski definition) is 5. The fourth-order valence-electron chi connectivity index (χ4n) is 9.78. The van der Waals surface area contributed by atoms with Crippen molar-refractivity contribution in [1.82, 2.24) is 30.9 Å². The van der Waals surface area contributed by atoms with Gasteiger partial charge in [-0.2, -0.15) is 5.06 Å². The fraction of sp³-hybridized carbons (Fsp3) is 0.556. The number of benzene rings is 2. The van der Waals surface area contributed by atoms with Crippen LogP contribution in [0, 0.1) is 29.1 Å². The van der Waals surface area contributed by atoms with Gasteiger partial charge in [-0.15, -0.1) is 0 Å². The number of para-hydroxylation sites is 1. The quantitative estimate of drug-likeness (QED) is 0.143. The molecule has 1 aliphatic heterocycles. The number of amides is 3. The van der Waals surface area contributed by atoms with Crippen LogP contribution in [-0.2, 0) is 33.9 Å². The molecule has 3 aliphatic carbocycles. The van der Waals surface area contributed by atoms with Crippen molar-refractivity contribution >= 4 is 17.7 Å². The van der Waals surface area contributed by atoms with Gasteiger partial charge in [0, 0.05) is 73.0 Å². The van der Waals surface area contributed by atoms with E-state index >= 15 is 0 Å². The molecule has 58 heavy (non-hydrogen) atoms. The predicted octanol–water partition coefficient (Wildman–Crippen LogP) is 3.96. The van der Waals surface area contributed by atoms with E-state index < -0.39 is 24.2 Å². The van der Waals surface area contributed by atoms with E-state index in [2.05, 4.69) is 41.7 Å². The Morgan fingerprint density at radius 2 is 1.88 bits per heavy atom. The summed E-state index contributed by atoms with van der Waals surface area (Å²) in [6.45, 7) is 10.5. The molecule has 3 aromatic rings. The molecule has 7 rings (SSSR count). The summed E-state index contributed by atoms with van der Waals surface area (Å²) in [5.74, 6) is 0.531. The minimum Gasteiger partial charge on any atom is -0.496 e. The van der Waals surface area contributed by atoms with Crippen LogP contribution in [0.5, 0.6) is 5.75 Å². The summed E-state index contributed by atoms with van der Waals surface area (Å²) in [7, 11) is 5.49. The van der Waals surface area contributed by atoms with Crippen LogP contribution in [0.1, 0.15) is 74.6 Å². The summed E-state index contributed by atoms with van der Waals surface area (Å²) in [6, 6.07) is 15.8. The molecule has 1 saturated heterocycles. The number of carbonyl (C=O) groups excluding carboxylic acids is 3. The Bertz CT molecular complexity index is 1920. The largest absolute Gasteiger partial charge is 0.496 e. The molecule has 13 heteroatoms. The van der Waals surface area contributed by atoms with Crippen molar-refractivity contribution < 1.29 is 34.2 Å². The zero-order chi connectivity index (χ0) is 41.9. The smallest absolute Gasteiger partial charge is 0.251 e. The van der Waals surface area contributed by atoms with Crippen LogP contribution in [0.4, 0.5) is 0 Å². The zero-order valence-corrected chi connectivity index (χ0v) is 35.2. The molecule has 1 aromatic heterocycles. The van der Waals surface area contributed by atoms with Gasteiger partial charge in [-0.3, -0.25) is 24.2 Å². The summed E-state index contributed by atoms with van der Waals surface area (Å²) in [4.78, 5) is 53.1. The average Bonchev–Trinajstić information content (AvgIpc) is 3.56. The minimum atomic E-state index is -0.931. The lowest BCUT2D eigenvalue weighted by atomic mass is 9.45. The zero-order valence-electron chi connectivity index (χ0n) is 35.2. The van der Waals surface area contributed by atoms with Crippen LogP contribution >= 0.6 is 0 Å². The number of carbonyl (C=O) groups is 3. The van der Waals surface area contributed by atoms with E-state index in [0.717, 1.165) is 17.7 Å². The van der Waals surface area contributed by atoms with E-state index in [1.54, 1.807) is 31.4 Å². The number of aliphatic hydroxyl groups is 2. The first-order valence-electron chi connectivity index (χ1n) is 20.5. The Morgan fingerprint density at radius 1 is 1.10 bits per heavy atom. The highest BCUT2D eigenvalue weighted by Gasteiger charge is 2.57. The van der Waals surface area contributed by atoms with Gasteiger partial charge in [0.2, 0.25) is 11.8 Å². The Balaban J connectivity index is 1.30. The summed E-state index contributed by atoms with van der Waals surface area (Å²) in [5, 5.41) is 32.4. The lowest BCUT2D eigenvalue weighted by Gasteiger charge is -2.62. The minimum absolute atomic E-state index is 0.0103. The van der Waals surface area contributed by atoms with Crippen LogP contribution < -0.4 is 20.7 Å². The van der Waals surface area contributed by atoms with Gasteiger partial charge in [0.25, 0.3) is 5.91 Å². The molecule has 0 spiro atoms. The molecule has 3 saturated carbocycles. The number of methoxy groups -OCH3 is 1. The second kappa shape index (κ2) is 18.3. The first-order valence-corrected chi connectivity index (χ1v) is 20.5. The molecule has 0 radical (unpaired) electrons. The van der Waals surface area contributed by atoms with Gasteiger partial charge in [-0.05, 0) is 98.5 Å². The molecular formula is C45H62N6O7. The first kappa shape index (κ1) is 43.2. The fourth-order valence-corrected chi connectivity index (χ4v) is 9.78. The monoisotopic (exact) mass is 798 g/mol. The number of nitrogens with one attached hydrogen (secondary N) is 3. The van der Waals surface area contributed by atoms with E-state index in [9.17, 15) is 24.6 Å². The number of nitrogens with zero attached hydrogens (tertiary/aromatic N) is 3. The molecule has 314 valence electrons. The van der Waals surface area contributed by atoms with Crippen molar-refractivity contribution in [1.29, 1.82) is 0 Å². The van der Waals surface area contributed by atoms with Crippen LogP contribution in [0.2, 0.25) is 0 Å². The summed E-state index contributed by atoms with van der Waals surface area (Å²) in [5.41, 5.74) is 4.36. The summed E-state index contributed by atoms with van der Waals surface area (Å²) >= 11 is 0. The van der Waals surface area contributed by atoms with E-state index in [-0.39, 0.29) is 54.9 Å². The number of aliphatic hydroxyl groups excluding tert-OH is 2. The Hall–Kier alpha value is -4.40. The number of pyridine rings is 1. The Labute approximate surface area is 342 Å². The van der Waals surface area contributed by atoms with Gasteiger partial charge < -0.3 is 35.8 Å². The SMILES string of the molecule is COc1c(CN2O[C@@H](CO)[C@H]([C@H](C)O)[C@H]2C(=O)N[C@H]2C[C@H]3C[C@@H]([C@@H]2C)C3(C)C)cccc1-c1cc(CNC(C)=O)cc(C(=O)N[C@@H](Cc2ccccn2)CN(C)C)c1. The van der Waals surface area contributed by atoms with Gasteiger partial charge in [0.15, 0.2) is 0 Å². The maximum atomic E-state index is 14.3. The number of ether oxygens (including phenoxy) is 1. The topological polar surface area (TPSA) is 166 Å². The second-order valence-electron chi connectivity index (χ2n) is 17.5. The number of aromatic nitrogens is 1. The maximum Gasteiger partial charge on any atom is 0.251 e. The van der Waals surface area contributed by atoms with E-state index in [4.69, 9.17) is 9.57 Å². The number of likely N-dealkylation sites (N-methyl/N-ethyl adjacent to an activating group) is 1. The lowest BCUT2D eigenvalue weighted by Crippen LogP contribution is -2.62. The molecular weight excluding hydrogens is 737 g/mol. The summed E-state index contributed by atoms with van der Waals surface area (Å²) in [6.07, 6.45) is 2.65. The Morgan fingerprint density at radius 3 is 2.50 bits per heavy atom. The average molecular weight is 799 g/mol. The van der Waals surface area contributed by atoms with Crippen molar-refractivity contribution in [3.8, 4) is 16.9 Å². The van der Waals surface area contributed by atoms with Crippen LogP contribution in [0.25, 0.3) is 11.1 Å². The highest BCUT2D eigenvalue weighted by molar-refractivity contribution is 5.96. The third-order valence-electron chi connectivity index (χ3n) is 12.9. The maximum absolute atomic E-state index is 14.3. The number of hydroxylamine groups is 2. The molecule has 4 aliphatic rings. The van der Waals surface area contributed by atoms with Crippen molar-refractivity contribution in [2.75, 3.05) is 34.4 Å². The molecule has 2 heterocycles. The summed E-state index contributed by atoms with van der Waals surface area (Å²) < 4.78 is 6.08. The predicted molar refractivity (Wildman–Crippen MR) is 221 cm³/mol. The molecule has 2 aromatic carbocycles. The third kappa shape index (κ3) is 9.39. The number of hydrogen-bond acceptors (Lipinski definition) is 10.